The lowest BCUT2D eigenvalue weighted by Gasteiger charge is -2.24. The Kier molecular flexibility index (Phi) is 7.62. The van der Waals surface area contributed by atoms with E-state index in [2.05, 4.69) is 39.6 Å². The first kappa shape index (κ1) is 20.6. The van der Waals surface area contributed by atoms with E-state index in [1.807, 2.05) is 42.0 Å². The number of benzene rings is 1. The standard InChI is InChI=1S/C22H33N5O/c1-25(2)16-17-26(14-7-10-19-8-4-3-5-9-19)22(28)21-12-15-27(24-21)20-11-6-13-23-18-20/h3-5,8-9,12,15,20,23H,6-7,10-11,13-14,16-18H2,1-2H3. The molecule has 2 heterocycles. The van der Waals surface area contributed by atoms with Gasteiger partial charge in [0, 0.05) is 32.4 Å². The number of nitrogens with zero attached hydrogens (tertiary/aromatic N) is 4. The molecule has 1 aliphatic heterocycles. The molecule has 3 rings (SSSR count). The molecule has 1 aromatic heterocycles. The fraction of sp³-hybridized carbons (Fsp3) is 0.545. The van der Waals surface area contributed by atoms with Crippen molar-refractivity contribution in [1.82, 2.24) is 24.9 Å². The Hall–Kier alpha value is -2.18. The third kappa shape index (κ3) is 5.91. The van der Waals surface area contributed by atoms with E-state index in [9.17, 15) is 4.79 Å². The molecule has 1 atom stereocenters. The molecule has 1 amide bonds. The van der Waals surface area contributed by atoms with Gasteiger partial charge in [0.05, 0.1) is 6.04 Å². The fourth-order valence-electron chi connectivity index (χ4n) is 3.63. The van der Waals surface area contributed by atoms with Crippen LogP contribution >= 0.6 is 0 Å². The summed E-state index contributed by atoms with van der Waals surface area (Å²) >= 11 is 0. The lowest BCUT2D eigenvalue weighted by Crippen LogP contribution is -2.38. The molecule has 0 radical (unpaired) electrons. The SMILES string of the molecule is CN(C)CCN(CCCc1ccccc1)C(=O)c1ccn(C2CCCNC2)n1. The molecule has 0 saturated carbocycles. The van der Waals surface area contributed by atoms with Crippen molar-refractivity contribution in [3.8, 4) is 0 Å². The summed E-state index contributed by atoms with van der Waals surface area (Å²) in [7, 11) is 4.08. The Labute approximate surface area is 168 Å². The van der Waals surface area contributed by atoms with Crippen LogP contribution in [0.25, 0.3) is 0 Å². The molecule has 1 fully saturated rings. The summed E-state index contributed by atoms with van der Waals surface area (Å²) in [5.74, 6) is 0.0393. The van der Waals surface area contributed by atoms with E-state index >= 15 is 0 Å². The van der Waals surface area contributed by atoms with Crippen molar-refractivity contribution in [2.24, 2.45) is 0 Å². The van der Waals surface area contributed by atoms with Crippen molar-refractivity contribution in [3.05, 3.63) is 53.9 Å². The van der Waals surface area contributed by atoms with Crippen LogP contribution in [-0.2, 0) is 6.42 Å². The Morgan fingerprint density at radius 1 is 1.18 bits per heavy atom. The van der Waals surface area contributed by atoms with Crippen LogP contribution in [0.4, 0.5) is 0 Å². The van der Waals surface area contributed by atoms with E-state index in [0.29, 0.717) is 11.7 Å². The Bertz CT molecular complexity index is 722. The Morgan fingerprint density at radius 3 is 2.71 bits per heavy atom. The number of likely N-dealkylation sites (N-methyl/N-ethyl adjacent to an activating group) is 1. The molecule has 1 aromatic carbocycles. The summed E-state index contributed by atoms with van der Waals surface area (Å²) < 4.78 is 1.97. The minimum Gasteiger partial charge on any atom is -0.336 e. The zero-order chi connectivity index (χ0) is 19.8. The molecule has 0 bridgehead atoms. The van der Waals surface area contributed by atoms with Gasteiger partial charge in [-0.3, -0.25) is 9.48 Å². The molecule has 0 aliphatic carbocycles. The first-order valence-corrected chi connectivity index (χ1v) is 10.4. The first-order valence-electron chi connectivity index (χ1n) is 10.4. The smallest absolute Gasteiger partial charge is 0.274 e. The lowest BCUT2D eigenvalue weighted by atomic mass is 10.1. The number of aryl methyl sites for hydroxylation is 1. The number of carbonyl (C=O) groups is 1. The van der Waals surface area contributed by atoms with Gasteiger partial charge in [0.25, 0.3) is 5.91 Å². The maximum Gasteiger partial charge on any atom is 0.274 e. The summed E-state index contributed by atoms with van der Waals surface area (Å²) in [6.45, 7) is 4.32. The van der Waals surface area contributed by atoms with Crippen molar-refractivity contribution < 1.29 is 4.79 Å². The van der Waals surface area contributed by atoms with Gasteiger partial charge >= 0.3 is 0 Å². The van der Waals surface area contributed by atoms with E-state index in [-0.39, 0.29) is 5.91 Å². The van der Waals surface area contributed by atoms with Gasteiger partial charge in [-0.2, -0.15) is 5.10 Å². The fourth-order valence-corrected chi connectivity index (χ4v) is 3.63. The van der Waals surface area contributed by atoms with E-state index < -0.39 is 0 Å². The molecule has 28 heavy (non-hydrogen) atoms. The number of aromatic nitrogens is 2. The highest BCUT2D eigenvalue weighted by Crippen LogP contribution is 2.16. The lowest BCUT2D eigenvalue weighted by molar-refractivity contribution is 0.0735. The Morgan fingerprint density at radius 2 is 2.00 bits per heavy atom. The van der Waals surface area contributed by atoms with Gasteiger partial charge in [-0.1, -0.05) is 30.3 Å². The van der Waals surface area contributed by atoms with Crippen molar-refractivity contribution >= 4 is 5.91 Å². The molecular formula is C22H33N5O. The van der Waals surface area contributed by atoms with Crippen LogP contribution in [0.3, 0.4) is 0 Å². The van der Waals surface area contributed by atoms with Gasteiger partial charge in [-0.25, -0.2) is 0 Å². The highest BCUT2D eigenvalue weighted by atomic mass is 16.2. The molecule has 2 aromatic rings. The van der Waals surface area contributed by atoms with Gasteiger partial charge in [0.15, 0.2) is 0 Å². The van der Waals surface area contributed by atoms with Crippen LogP contribution in [0, 0.1) is 0 Å². The molecule has 1 N–H and O–H groups in total. The topological polar surface area (TPSA) is 53.4 Å². The summed E-state index contributed by atoms with van der Waals surface area (Å²) in [6.07, 6.45) is 6.16. The third-order valence-electron chi connectivity index (χ3n) is 5.31. The van der Waals surface area contributed by atoms with E-state index in [4.69, 9.17) is 0 Å². The van der Waals surface area contributed by atoms with Crippen molar-refractivity contribution in [2.75, 3.05) is 46.8 Å². The maximum atomic E-state index is 13.1. The largest absolute Gasteiger partial charge is 0.336 e. The molecule has 1 aliphatic rings. The van der Waals surface area contributed by atoms with Gasteiger partial charge in [0.2, 0.25) is 0 Å². The van der Waals surface area contributed by atoms with Gasteiger partial charge < -0.3 is 15.1 Å². The van der Waals surface area contributed by atoms with Gasteiger partial charge in [0.1, 0.15) is 5.69 Å². The quantitative estimate of drug-likeness (QED) is 0.723. The predicted octanol–water partition coefficient (Wildman–Crippen LogP) is 2.44. The van der Waals surface area contributed by atoms with Crippen LogP contribution in [0.2, 0.25) is 0 Å². The highest BCUT2D eigenvalue weighted by molar-refractivity contribution is 5.92. The molecule has 1 unspecified atom stereocenters. The maximum absolute atomic E-state index is 13.1. The molecule has 6 heteroatoms. The minimum atomic E-state index is 0.0393. The van der Waals surface area contributed by atoms with Crippen molar-refractivity contribution in [3.63, 3.8) is 0 Å². The molecular weight excluding hydrogens is 350 g/mol. The zero-order valence-electron chi connectivity index (χ0n) is 17.2. The normalized spacial score (nSPS) is 17.0. The monoisotopic (exact) mass is 383 g/mol. The van der Waals surface area contributed by atoms with Crippen molar-refractivity contribution in [2.45, 2.75) is 31.7 Å². The number of rotatable bonds is 9. The zero-order valence-corrected chi connectivity index (χ0v) is 17.2. The van der Waals surface area contributed by atoms with Crippen LogP contribution < -0.4 is 5.32 Å². The van der Waals surface area contributed by atoms with Crippen molar-refractivity contribution in [1.29, 1.82) is 0 Å². The van der Waals surface area contributed by atoms with Crippen LogP contribution in [0.1, 0.15) is 41.4 Å². The third-order valence-corrected chi connectivity index (χ3v) is 5.31. The number of carbonyl (C=O) groups excluding carboxylic acids is 1. The second kappa shape index (κ2) is 10.4. The van der Waals surface area contributed by atoms with E-state index in [0.717, 1.165) is 58.4 Å². The molecule has 0 spiro atoms. The minimum absolute atomic E-state index is 0.0393. The van der Waals surface area contributed by atoms with E-state index in [1.54, 1.807) is 0 Å². The predicted molar refractivity (Wildman–Crippen MR) is 113 cm³/mol. The first-order chi connectivity index (χ1) is 13.6. The second-order valence-corrected chi connectivity index (χ2v) is 7.87. The number of hydrogen-bond acceptors (Lipinski definition) is 4. The highest BCUT2D eigenvalue weighted by Gasteiger charge is 2.21. The molecule has 6 nitrogen and oxygen atoms in total. The second-order valence-electron chi connectivity index (χ2n) is 7.87. The van der Waals surface area contributed by atoms with Gasteiger partial charge in [-0.05, 0) is 58.0 Å². The molecule has 1 saturated heterocycles. The summed E-state index contributed by atoms with van der Waals surface area (Å²) in [5, 5.41) is 8.03. The Balaban J connectivity index is 1.61. The van der Waals surface area contributed by atoms with E-state index in [1.165, 1.54) is 5.56 Å². The number of hydrogen-bond donors (Lipinski definition) is 1. The van der Waals surface area contributed by atoms with Crippen LogP contribution in [-0.4, -0.2) is 72.3 Å². The summed E-state index contributed by atoms with van der Waals surface area (Å²) in [4.78, 5) is 17.2. The van der Waals surface area contributed by atoms with Gasteiger partial charge in [-0.15, -0.1) is 0 Å². The summed E-state index contributed by atoms with van der Waals surface area (Å²) in [5.41, 5.74) is 1.88. The number of nitrogens with one attached hydrogen (secondary N) is 1. The average Bonchev–Trinajstić information content (AvgIpc) is 3.21. The summed E-state index contributed by atoms with van der Waals surface area (Å²) in [6, 6.07) is 12.7. The van der Waals surface area contributed by atoms with Crippen LogP contribution in [0.5, 0.6) is 0 Å². The average molecular weight is 384 g/mol. The van der Waals surface area contributed by atoms with Crippen LogP contribution in [0.15, 0.2) is 42.6 Å². The number of piperidine rings is 1. The molecule has 152 valence electrons. The number of amides is 1.